The van der Waals surface area contributed by atoms with Crippen LogP contribution in [0.15, 0.2) is 22.8 Å². The lowest BCUT2D eigenvalue weighted by atomic mass is 10.0. The second kappa shape index (κ2) is 6.60. The number of carbonyl (C=O) groups is 1. The number of sulfone groups is 1. The number of nitrogens with zero attached hydrogens (tertiary/aromatic N) is 4. The van der Waals surface area contributed by atoms with Gasteiger partial charge in [-0.2, -0.15) is 0 Å². The molecule has 0 spiro atoms. The molecule has 2 atom stereocenters. The highest BCUT2D eigenvalue weighted by Crippen LogP contribution is 2.29. The van der Waals surface area contributed by atoms with E-state index in [2.05, 4.69) is 15.2 Å². The highest BCUT2D eigenvalue weighted by Gasteiger charge is 2.46. The summed E-state index contributed by atoms with van der Waals surface area (Å²) in [4.78, 5) is 15.1. The minimum atomic E-state index is -3.13. The quantitative estimate of drug-likeness (QED) is 0.763. The zero-order valence-electron chi connectivity index (χ0n) is 14.1. The first-order chi connectivity index (χ1) is 12.4. The molecule has 9 nitrogen and oxygen atoms in total. The average molecular weight is 380 g/mol. The Kier molecular flexibility index (Phi) is 4.41. The fourth-order valence-electron chi connectivity index (χ4n) is 4.02. The van der Waals surface area contributed by atoms with Crippen molar-refractivity contribution in [2.75, 3.05) is 31.1 Å². The second-order valence-corrected chi connectivity index (χ2v) is 9.06. The summed E-state index contributed by atoms with van der Waals surface area (Å²) in [6.45, 7) is 2.27. The van der Waals surface area contributed by atoms with Gasteiger partial charge in [0, 0.05) is 38.3 Å². The molecule has 0 saturated carbocycles. The Morgan fingerprint density at radius 1 is 1.19 bits per heavy atom. The summed E-state index contributed by atoms with van der Waals surface area (Å²) in [5, 5.41) is 16.7. The number of aromatic nitrogens is 2. The largest absolute Gasteiger partial charge is 0.481 e. The van der Waals surface area contributed by atoms with E-state index in [9.17, 15) is 13.2 Å². The van der Waals surface area contributed by atoms with Gasteiger partial charge in [-0.1, -0.05) is 12.1 Å². The molecular formula is C16H20N4O5S. The number of benzene rings is 1. The van der Waals surface area contributed by atoms with E-state index in [-0.39, 0.29) is 30.0 Å². The number of carboxylic acid groups (broad SMARTS) is 1. The lowest BCUT2D eigenvalue weighted by Gasteiger charge is -2.43. The topological polar surface area (TPSA) is 117 Å². The van der Waals surface area contributed by atoms with Gasteiger partial charge in [-0.25, -0.2) is 13.0 Å². The van der Waals surface area contributed by atoms with Crippen LogP contribution in [0.4, 0.5) is 0 Å². The van der Waals surface area contributed by atoms with Gasteiger partial charge in [0.1, 0.15) is 11.0 Å². The van der Waals surface area contributed by atoms with Crippen molar-refractivity contribution >= 4 is 26.8 Å². The molecular weight excluding hydrogens is 360 g/mol. The van der Waals surface area contributed by atoms with Crippen LogP contribution in [0.3, 0.4) is 0 Å². The molecule has 2 saturated heterocycles. The first-order valence-corrected chi connectivity index (χ1v) is 10.4. The molecule has 1 N–H and O–H groups in total. The Morgan fingerprint density at radius 2 is 1.92 bits per heavy atom. The van der Waals surface area contributed by atoms with Crippen LogP contribution >= 0.6 is 0 Å². The maximum atomic E-state index is 12.2. The maximum absolute atomic E-state index is 12.2. The molecule has 0 radical (unpaired) electrons. The van der Waals surface area contributed by atoms with E-state index in [0.29, 0.717) is 37.2 Å². The van der Waals surface area contributed by atoms with E-state index in [1.165, 1.54) is 0 Å². The summed E-state index contributed by atoms with van der Waals surface area (Å²) in [5.74, 6) is -0.673. The summed E-state index contributed by atoms with van der Waals surface area (Å²) < 4.78 is 29.3. The van der Waals surface area contributed by atoms with Gasteiger partial charge in [-0.15, -0.1) is 0 Å². The lowest BCUT2D eigenvalue weighted by molar-refractivity contribution is -0.137. The Balaban J connectivity index is 1.56. The highest BCUT2D eigenvalue weighted by molar-refractivity contribution is 7.91. The molecule has 2 fully saturated rings. The molecule has 3 heterocycles. The maximum Gasteiger partial charge on any atom is 0.304 e. The van der Waals surface area contributed by atoms with Crippen LogP contribution in [0, 0.1) is 0 Å². The summed E-state index contributed by atoms with van der Waals surface area (Å²) in [6, 6.07) is 5.35. The van der Waals surface area contributed by atoms with Crippen LogP contribution in [0.5, 0.6) is 0 Å². The molecule has 0 aliphatic carbocycles. The van der Waals surface area contributed by atoms with Gasteiger partial charge in [0.05, 0.1) is 17.9 Å². The molecule has 26 heavy (non-hydrogen) atoms. The van der Waals surface area contributed by atoms with Gasteiger partial charge >= 0.3 is 5.97 Å². The van der Waals surface area contributed by atoms with Crippen molar-refractivity contribution in [3.8, 4) is 0 Å². The summed E-state index contributed by atoms with van der Waals surface area (Å²) in [6.07, 6.45) is 0.0210. The fraction of sp³-hybridized carbons (Fsp3) is 0.562. The van der Waals surface area contributed by atoms with Crippen molar-refractivity contribution in [1.82, 2.24) is 20.1 Å². The highest BCUT2D eigenvalue weighted by atomic mass is 32.2. The van der Waals surface area contributed by atoms with Crippen molar-refractivity contribution in [1.29, 1.82) is 0 Å². The van der Waals surface area contributed by atoms with Crippen molar-refractivity contribution < 1.29 is 22.9 Å². The molecule has 2 aliphatic heterocycles. The molecule has 140 valence electrons. The minimum absolute atomic E-state index is 0.0210. The number of hydrogen-bond acceptors (Lipinski definition) is 8. The molecule has 1 aromatic carbocycles. The molecule has 10 heteroatoms. The third-order valence-electron chi connectivity index (χ3n) is 5.26. The van der Waals surface area contributed by atoms with E-state index in [4.69, 9.17) is 9.74 Å². The van der Waals surface area contributed by atoms with Crippen LogP contribution in [-0.2, 0) is 21.2 Å². The van der Waals surface area contributed by atoms with E-state index < -0.39 is 15.8 Å². The van der Waals surface area contributed by atoms with Crippen LogP contribution < -0.4 is 0 Å². The molecule has 2 aromatic rings. The van der Waals surface area contributed by atoms with Gasteiger partial charge in [-0.3, -0.25) is 14.6 Å². The van der Waals surface area contributed by atoms with Crippen molar-refractivity contribution in [3.05, 3.63) is 23.8 Å². The van der Waals surface area contributed by atoms with Crippen molar-refractivity contribution in [2.24, 2.45) is 0 Å². The molecule has 0 amide bonds. The molecule has 2 aliphatic rings. The van der Waals surface area contributed by atoms with Crippen LogP contribution in [0.2, 0.25) is 0 Å². The molecule has 0 unspecified atom stereocenters. The summed E-state index contributed by atoms with van der Waals surface area (Å²) in [5.41, 5.74) is 2.32. The third kappa shape index (κ3) is 3.31. The normalized spacial score (nSPS) is 26.2. The SMILES string of the molecule is O=C(O)CCN1CCN(Cc2cccc3nonc23)[C@H]2CS(=O)(=O)C[C@H]21. The van der Waals surface area contributed by atoms with Crippen LogP contribution in [0.25, 0.3) is 11.0 Å². The van der Waals surface area contributed by atoms with E-state index in [1.807, 2.05) is 23.1 Å². The Bertz CT molecular complexity index is 928. The Morgan fingerprint density at radius 3 is 2.69 bits per heavy atom. The third-order valence-corrected chi connectivity index (χ3v) is 6.96. The zero-order chi connectivity index (χ0) is 18.3. The number of hydrogen-bond donors (Lipinski definition) is 1. The van der Waals surface area contributed by atoms with Gasteiger partial charge in [-0.05, 0) is 21.9 Å². The van der Waals surface area contributed by atoms with E-state index in [1.54, 1.807) is 0 Å². The zero-order valence-corrected chi connectivity index (χ0v) is 14.9. The van der Waals surface area contributed by atoms with Crippen LogP contribution in [-0.4, -0.2) is 82.8 Å². The number of aliphatic carboxylic acids is 1. The van der Waals surface area contributed by atoms with Gasteiger partial charge < -0.3 is 5.11 Å². The predicted octanol–water partition coefficient (Wildman–Crippen LogP) is -0.0193. The number of rotatable bonds is 5. The lowest BCUT2D eigenvalue weighted by Crippen LogP contribution is -2.58. The summed E-state index contributed by atoms with van der Waals surface area (Å²) >= 11 is 0. The van der Waals surface area contributed by atoms with Crippen molar-refractivity contribution in [3.63, 3.8) is 0 Å². The number of fused-ring (bicyclic) bond motifs is 2. The minimum Gasteiger partial charge on any atom is -0.481 e. The average Bonchev–Trinajstić information content (AvgIpc) is 3.17. The van der Waals surface area contributed by atoms with E-state index in [0.717, 1.165) is 5.56 Å². The van der Waals surface area contributed by atoms with Gasteiger partial charge in [0.2, 0.25) is 0 Å². The standard InChI is InChI=1S/C16H20N4O5S/c21-15(22)4-5-19-6-7-20(14-10-26(23,24)9-13(14)19)8-11-2-1-3-12-16(11)18-25-17-12/h1-3,13-14H,4-10H2,(H,21,22)/t13-,14+/m1/s1. The number of carboxylic acids is 1. The second-order valence-electron chi connectivity index (χ2n) is 6.91. The first-order valence-electron chi connectivity index (χ1n) is 8.53. The molecule has 4 rings (SSSR count). The van der Waals surface area contributed by atoms with Crippen LogP contribution in [0.1, 0.15) is 12.0 Å². The van der Waals surface area contributed by atoms with Gasteiger partial charge in [0.25, 0.3) is 0 Å². The summed E-state index contributed by atoms with van der Waals surface area (Å²) in [7, 11) is -3.13. The Labute approximate surface area is 150 Å². The molecule has 1 aromatic heterocycles. The first kappa shape index (κ1) is 17.4. The predicted molar refractivity (Wildman–Crippen MR) is 92.3 cm³/mol. The fourth-order valence-corrected chi connectivity index (χ4v) is 6.06. The van der Waals surface area contributed by atoms with Gasteiger partial charge in [0.15, 0.2) is 9.84 Å². The monoisotopic (exact) mass is 380 g/mol. The Hall–Kier alpha value is -2.04. The molecule has 0 bridgehead atoms. The van der Waals surface area contributed by atoms with E-state index >= 15 is 0 Å². The van der Waals surface area contributed by atoms with Crippen molar-refractivity contribution in [2.45, 2.75) is 25.0 Å². The number of piperazine rings is 1. The smallest absolute Gasteiger partial charge is 0.304 e.